The number of aromatic nitrogens is 3. The van der Waals surface area contributed by atoms with Gasteiger partial charge in [0.05, 0.1) is 0 Å². The zero-order chi connectivity index (χ0) is 10.7. The molecule has 0 saturated carbocycles. The highest BCUT2D eigenvalue weighted by Crippen LogP contribution is 2.18. The van der Waals surface area contributed by atoms with E-state index in [2.05, 4.69) is 46.4 Å². The van der Waals surface area contributed by atoms with Crippen LogP contribution < -0.4 is 0 Å². The molecule has 0 unspecified atom stereocenters. The van der Waals surface area contributed by atoms with Gasteiger partial charge in [0.15, 0.2) is 5.82 Å². The molecule has 4 heteroatoms. The van der Waals surface area contributed by atoms with Gasteiger partial charge in [-0.2, -0.15) is 0 Å². The van der Waals surface area contributed by atoms with Gasteiger partial charge >= 0.3 is 0 Å². The molecule has 1 N–H and O–H groups in total. The first kappa shape index (κ1) is 10.2. The molecule has 15 heavy (non-hydrogen) atoms. The quantitative estimate of drug-likeness (QED) is 0.807. The summed E-state index contributed by atoms with van der Waals surface area (Å²) >= 11 is 1.54. The van der Waals surface area contributed by atoms with Crippen LogP contribution in [0.2, 0.25) is 0 Å². The van der Waals surface area contributed by atoms with Crippen LogP contribution in [0.1, 0.15) is 12.5 Å². The Bertz CT molecular complexity index is 433. The molecule has 2 rings (SSSR count). The average Bonchev–Trinajstić information content (AvgIpc) is 2.78. The van der Waals surface area contributed by atoms with Crippen LogP contribution >= 0.6 is 11.8 Å². The van der Waals surface area contributed by atoms with Crippen molar-refractivity contribution in [3.05, 3.63) is 29.8 Å². The summed E-state index contributed by atoms with van der Waals surface area (Å²) in [4.78, 5) is 4.35. The van der Waals surface area contributed by atoms with E-state index in [-0.39, 0.29) is 0 Å². The predicted octanol–water partition coefficient (Wildman–Crippen LogP) is 2.76. The van der Waals surface area contributed by atoms with Crippen molar-refractivity contribution in [2.45, 2.75) is 18.5 Å². The lowest BCUT2D eigenvalue weighted by atomic mass is 10.1. The van der Waals surface area contributed by atoms with Crippen LogP contribution in [-0.4, -0.2) is 21.4 Å². The van der Waals surface area contributed by atoms with Crippen molar-refractivity contribution in [2.24, 2.45) is 0 Å². The second-order valence-electron chi connectivity index (χ2n) is 3.22. The minimum atomic E-state index is 0.782. The molecule has 0 amide bonds. The average molecular weight is 219 g/mol. The summed E-state index contributed by atoms with van der Waals surface area (Å²) in [6, 6.07) is 8.39. The number of aromatic amines is 1. The molecule has 1 heterocycles. The van der Waals surface area contributed by atoms with E-state index < -0.39 is 0 Å². The third kappa shape index (κ3) is 2.21. The van der Waals surface area contributed by atoms with Crippen LogP contribution in [0.4, 0.5) is 0 Å². The summed E-state index contributed by atoms with van der Waals surface area (Å²) in [5.41, 5.74) is 2.42. The van der Waals surface area contributed by atoms with Gasteiger partial charge in [-0.1, -0.05) is 43.0 Å². The Kier molecular flexibility index (Phi) is 3.06. The van der Waals surface area contributed by atoms with Gasteiger partial charge in [-0.3, -0.25) is 5.10 Å². The highest BCUT2D eigenvalue weighted by Gasteiger charge is 2.03. The maximum absolute atomic E-state index is 4.35. The lowest BCUT2D eigenvalue weighted by Crippen LogP contribution is -1.83. The van der Waals surface area contributed by atoms with Gasteiger partial charge < -0.3 is 0 Å². The molecule has 1 aromatic heterocycles. The number of aryl methyl sites for hydroxylation is 1. The van der Waals surface area contributed by atoms with Crippen molar-refractivity contribution in [1.82, 2.24) is 15.2 Å². The summed E-state index contributed by atoms with van der Waals surface area (Å²) in [6.07, 6.45) is 3.03. The zero-order valence-corrected chi connectivity index (χ0v) is 9.64. The molecular weight excluding hydrogens is 206 g/mol. The topological polar surface area (TPSA) is 41.6 Å². The maximum Gasteiger partial charge on any atom is 0.208 e. The summed E-state index contributed by atoms with van der Waals surface area (Å²) in [5.74, 6) is 0.835. The van der Waals surface area contributed by atoms with Gasteiger partial charge in [0.2, 0.25) is 5.16 Å². The first-order valence-electron chi connectivity index (χ1n) is 4.89. The number of rotatable bonds is 3. The van der Waals surface area contributed by atoms with E-state index in [1.807, 2.05) is 6.26 Å². The van der Waals surface area contributed by atoms with Gasteiger partial charge in [-0.25, -0.2) is 4.98 Å². The fourth-order valence-corrected chi connectivity index (χ4v) is 1.68. The minimum absolute atomic E-state index is 0.782. The highest BCUT2D eigenvalue weighted by atomic mass is 32.2. The van der Waals surface area contributed by atoms with Gasteiger partial charge in [0, 0.05) is 5.56 Å². The monoisotopic (exact) mass is 219 g/mol. The minimum Gasteiger partial charge on any atom is -0.258 e. The fourth-order valence-electron chi connectivity index (χ4n) is 1.37. The number of nitrogens with one attached hydrogen (secondary N) is 1. The SMILES string of the molecule is CCc1ccc(-c2nc(SC)n[nH]2)cc1. The number of hydrogen-bond donors (Lipinski definition) is 1. The Balaban J connectivity index is 2.28. The van der Waals surface area contributed by atoms with Gasteiger partial charge in [-0.15, -0.1) is 5.10 Å². The van der Waals surface area contributed by atoms with Crippen molar-refractivity contribution in [1.29, 1.82) is 0 Å². The fraction of sp³-hybridized carbons (Fsp3) is 0.273. The van der Waals surface area contributed by atoms with E-state index in [0.717, 1.165) is 23.0 Å². The normalized spacial score (nSPS) is 10.5. The largest absolute Gasteiger partial charge is 0.258 e. The predicted molar refractivity (Wildman–Crippen MR) is 63.0 cm³/mol. The van der Waals surface area contributed by atoms with Crippen LogP contribution in [-0.2, 0) is 6.42 Å². The van der Waals surface area contributed by atoms with Crippen molar-refractivity contribution in [3.8, 4) is 11.4 Å². The Morgan fingerprint density at radius 1 is 1.27 bits per heavy atom. The number of H-pyrrole nitrogens is 1. The number of nitrogens with zero attached hydrogens (tertiary/aromatic N) is 2. The second-order valence-corrected chi connectivity index (χ2v) is 3.99. The first-order chi connectivity index (χ1) is 7.33. The van der Waals surface area contributed by atoms with Crippen LogP contribution in [0.3, 0.4) is 0 Å². The van der Waals surface area contributed by atoms with E-state index >= 15 is 0 Å². The Morgan fingerprint density at radius 3 is 2.53 bits per heavy atom. The van der Waals surface area contributed by atoms with E-state index in [1.165, 1.54) is 17.3 Å². The van der Waals surface area contributed by atoms with E-state index in [1.54, 1.807) is 0 Å². The Morgan fingerprint density at radius 2 is 2.00 bits per heavy atom. The van der Waals surface area contributed by atoms with E-state index in [4.69, 9.17) is 0 Å². The zero-order valence-electron chi connectivity index (χ0n) is 8.82. The lowest BCUT2D eigenvalue weighted by molar-refractivity contribution is 0.976. The number of benzene rings is 1. The van der Waals surface area contributed by atoms with Crippen LogP contribution in [0.5, 0.6) is 0 Å². The van der Waals surface area contributed by atoms with Crippen LogP contribution in [0.15, 0.2) is 29.4 Å². The summed E-state index contributed by atoms with van der Waals surface area (Å²) < 4.78 is 0. The molecule has 1 aromatic carbocycles. The molecule has 0 spiro atoms. The van der Waals surface area contributed by atoms with Crippen LogP contribution in [0.25, 0.3) is 11.4 Å². The van der Waals surface area contributed by atoms with Crippen molar-refractivity contribution < 1.29 is 0 Å². The van der Waals surface area contributed by atoms with Gasteiger partial charge in [0.1, 0.15) is 0 Å². The third-order valence-corrected chi connectivity index (χ3v) is 2.83. The molecule has 0 aliphatic heterocycles. The van der Waals surface area contributed by atoms with Crippen LogP contribution in [0, 0.1) is 0 Å². The summed E-state index contributed by atoms with van der Waals surface area (Å²) in [5, 5.41) is 7.79. The Labute approximate surface area is 93.3 Å². The van der Waals surface area contributed by atoms with E-state index in [0.29, 0.717) is 0 Å². The molecule has 78 valence electrons. The third-order valence-electron chi connectivity index (χ3n) is 2.28. The van der Waals surface area contributed by atoms with E-state index in [9.17, 15) is 0 Å². The summed E-state index contributed by atoms with van der Waals surface area (Å²) in [7, 11) is 0. The van der Waals surface area contributed by atoms with Crippen molar-refractivity contribution in [3.63, 3.8) is 0 Å². The molecule has 0 aliphatic rings. The first-order valence-corrected chi connectivity index (χ1v) is 6.11. The molecule has 3 nitrogen and oxygen atoms in total. The molecule has 2 aromatic rings. The molecule has 0 bridgehead atoms. The molecule has 0 atom stereocenters. The summed E-state index contributed by atoms with van der Waals surface area (Å²) in [6.45, 7) is 2.15. The standard InChI is InChI=1S/C11H13N3S/c1-3-8-4-6-9(7-5-8)10-12-11(15-2)14-13-10/h4-7H,3H2,1-2H3,(H,12,13,14). The smallest absolute Gasteiger partial charge is 0.208 e. The number of hydrogen-bond acceptors (Lipinski definition) is 3. The van der Waals surface area contributed by atoms with Crippen molar-refractivity contribution >= 4 is 11.8 Å². The molecule has 0 fully saturated rings. The van der Waals surface area contributed by atoms with Crippen molar-refractivity contribution in [2.75, 3.05) is 6.26 Å². The Hall–Kier alpha value is -1.29. The van der Waals surface area contributed by atoms with Gasteiger partial charge in [-0.05, 0) is 18.2 Å². The molecule has 0 aliphatic carbocycles. The molecule has 0 saturated heterocycles. The highest BCUT2D eigenvalue weighted by molar-refractivity contribution is 7.98. The molecular formula is C11H13N3S. The maximum atomic E-state index is 4.35. The lowest BCUT2D eigenvalue weighted by Gasteiger charge is -1.98. The molecule has 0 radical (unpaired) electrons. The second kappa shape index (κ2) is 4.49. The van der Waals surface area contributed by atoms with Gasteiger partial charge in [0.25, 0.3) is 0 Å². The number of thioether (sulfide) groups is 1.